The molecular weight excluding hydrogens is 258 g/mol. The topological polar surface area (TPSA) is 59.8 Å². The highest BCUT2D eigenvalue weighted by Crippen LogP contribution is 2.11. The molecule has 1 atom stereocenters. The molecule has 2 rings (SSSR count). The van der Waals surface area contributed by atoms with Gasteiger partial charge in [-0.2, -0.15) is 0 Å². The molecule has 0 amide bonds. The minimum Gasteiger partial charge on any atom is -0.383 e. The van der Waals surface area contributed by atoms with Gasteiger partial charge in [0.15, 0.2) is 5.76 Å². The molecule has 1 aliphatic rings. The first-order valence-corrected chi connectivity index (χ1v) is 7.20. The summed E-state index contributed by atoms with van der Waals surface area (Å²) in [5.41, 5.74) is 0.950. The molecule has 2 heterocycles. The van der Waals surface area contributed by atoms with Gasteiger partial charge in [0.25, 0.3) is 0 Å². The molecule has 0 aromatic carbocycles. The Morgan fingerprint density at radius 1 is 1.45 bits per heavy atom. The van der Waals surface area contributed by atoms with E-state index < -0.39 is 0 Å². The number of methoxy groups -OCH3 is 2. The second-order valence-electron chi connectivity index (χ2n) is 5.24. The molecule has 0 saturated carbocycles. The lowest BCUT2D eigenvalue weighted by molar-refractivity contribution is 0.136. The Morgan fingerprint density at radius 3 is 3.05 bits per heavy atom. The molecule has 1 fully saturated rings. The maximum absolute atomic E-state index is 5.23. The van der Waals surface area contributed by atoms with Crippen LogP contribution in [0.5, 0.6) is 0 Å². The molecule has 0 aliphatic carbocycles. The van der Waals surface area contributed by atoms with E-state index in [2.05, 4.69) is 15.4 Å². The van der Waals surface area contributed by atoms with Crippen molar-refractivity contribution in [2.24, 2.45) is 0 Å². The molecule has 1 aromatic rings. The summed E-state index contributed by atoms with van der Waals surface area (Å²) in [5, 5.41) is 7.63. The van der Waals surface area contributed by atoms with E-state index in [1.807, 2.05) is 6.07 Å². The quantitative estimate of drug-likeness (QED) is 0.730. The van der Waals surface area contributed by atoms with Gasteiger partial charge in [0.05, 0.1) is 12.3 Å². The van der Waals surface area contributed by atoms with Gasteiger partial charge in [-0.25, -0.2) is 0 Å². The molecule has 0 bridgehead atoms. The third-order valence-electron chi connectivity index (χ3n) is 3.53. The van der Waals surface area contributed by atoms with Crippen molar-refractivity contribution in [3.63, 3.8) is 0 Å². The molecule has 0 spiro atoms. The maximum Gasteiger partial charge on any atom is 0.162 e. The number of nitrogens with one attached hydrogen (secondary N) is 1. The summed E-state index contributed by atoms with van der Waals surface area (Å²) in [5.74, 6) is 0.771. The SMILES string of the molecule is COCCN(Cc1cc(COC)on1)CC1CCCN1. The van der Waals surface area contributed by atoms with E-state index in [0.29, 0.717) is 12.6 Å². The summed E-state index contributed by atoms with van der Waals surface area (Å²) in [6, 6.07) is 2.54. The van der Waals surface area contributed by atoms with Crippen molar-refractivity contribution in [1.82, 2.24) is 15.4 Å². The lowest BCUT2D eigenvalue weighted by Gasteiger charge is -2.24. The van der Waals surface area contributed by atoms with Crippen LogP contribution in [0.4, 0.5) is 0 Å². The van der Waals surface area contributed by atoms with E-state index in [9.17, 15) is 0 Å². The van der Waals surface area contributed by atoms with E-state index in [4.69, 9.17) is 14.0 Å². The van der Waals surface area contributed by atoms with Gasteiger partial charge in [0, 0.05) is 46.0 Å². The van der Waals surface area contributed by atoms with Crippen LogP contribution in [0.15, 0.2) is 10.6 Å². The third-order valence-corrected chi connectivity index (χ3v) is 3.53. The van der Waals surface area contributed by atoms with Crippen molar-refractivity contribution in [3.05, 3.63) is 17.5 Å². The van der Waals surface area contributed by atoms with Crippen molar-refractivity contribution in [2.45, 2.75) is 32.0 Å². The zero-order valence-electron chi connectivity index (χ0n) is 12.4. The Morgan fingerprint density at radius 2 is 2.35 bits per heavy atom. The van der Waals surface area contributed by atoms with Gasteiger partial charge in [-0.05, 0) is 19.4 Å². The van der Waals surface area contributed by atoms with Crippen LogP contribution >= 0.6 is 0 Å². The largest absolute Gasteiger partial charge is 0.383 e. The van der Waals surface area contributed by atoms with Crippen molar-refractivity contribution >= 4 is 0 Å². The lowest BCUT2D eigenvalue weighted by Crippen LogP contribution is -2.38. The normalized spacial score (nSPS) is 19.1. The summed E-state index contributed by atoms with van der Waals surface area (Å²) >= 11 is 0. The smallest absolute Gasteiger partial charge is 0.162 e. The lowest BCUT2D eigenvalue weighted by atomic mass is 10.2. The minimum atomic E-state index is 0.468. The number of aromatic nitrogens is 1. The number of ether oxygens (including phenoxy) is 2. The first-order chi connectivity index (χ1) is 9.81. The fourth-order valence-corrected chi connectivity index (χ4v) is 2.55. The molecule has 20 heavy (non-hydrogen) atoms. The van der Waals surface area contributed by atoms with Crippen LogP contribution in [0.25, 0.3) is 0 Å². The van der Waals surface area contributed by atoms with Gasteiger partial charge in [0.2, 0.25) is 0 Å². The molecule has 1 aliphatic heterocycles. The van der Waals surface area contributed by atoms with Crippen LogP contribution in [-0.2, 0) is 22.6 Å². The second-order valence-corrected chi connectivity index (χ2v) is 5.24. The van der Waals surface area contributed by atoms with Crippen molar-refractivity contribution in [1.29, 1.82) is 0 Å². The van der Waals surface area contributed by atoms with E-state index in [1.165, 1.54) is 12.8 Å². The van der Waals surface area contributed by atoms with Crippen LogP contribution < -0.4 is 5.32 Å². The molecular formula is C14H25N3O3. The summed E-state index contributed by atoms with van der Waals surface area (Å²) < 4.78 is 15.5. The summed E-state index contributed by atoms with van der Waals surface area (Å²) in [6.45, 7) is 5.04. The molecule has 1 aromatic heterocycles. The molecule has 6 nitrogen and oxygen atoms in total. The third kappa shape index (κ3) is 4.86. The van der Waals surface area contributed by atoms with Crippen LogP contribution in [0.2, 0.25) is 0 Å². The maximum atomic E-state index is 5.23. The fourth-order valence-electron chi connectivity index (χ4n) is 2.55. The first-order valence-electron chi connectivity index (χ1n) is 7.20. The highest BCUT2D eigenvalue weighted by atomic mass is 16.5. The molecule has 1 unspecified atom stereocenters. The Hall–Kier alpha value is -0.950. The van der Waals surface area contributed by atoms with Gasteiger partial charge in [-0.15, -0.1) is 0 Å². The van der Waals surface area contributed by atoms with E-state index in [0.717, 1.165) is 44.2 Å². The highest BCUT2D eigenvalue weighted by molar-refractivity contribution is 5.04. The predicted octanol–water partition coefficient (Wildman–Crippen LogP) is 1.02. The number of hydrogen-bond donors (Lipinski definition) is 1. The molecule has 0 radical (unpaired) electrons. The van der Waals surface area contributed by atoms with Crippen LogP contribution in [0.1, 0.15) is 24.3 Å². The van der Waals surface area contributed by atoms with Gasteiger partial charge >= 0.3 is 0 Å². The highest BCUT2D eigenvalue weighted by Gasteiger charge is 2.19. The number of nitrogens with zero attached hydrogens (tertiary/aromatic N) is 2. The Balaban J connectivity index is 1.87. The van der Waals surface area contributed by atoms with Crippen molar-refractivity contribution < 1.29 is 14.0 Å². The van der Waals surface area contributed by atoms with E-state index >= 15 is 0 Å². The average molecular weight is 283 g/mol. The second kappa shape index (κ2) is 8.36. The fraction of sp³-hybridized carbons (Fsp3) is 0.786. The van der Waals surface area contributed by atoms with Crippen molar-refractivity contribution in [3.8, 4) is 0 Å². The first kappa shape index (κ1) is 15.4. The predicted molar refractivity (Wildman–Crippen MR) is 75.4 cm³/mol. The summed E-state index contributed by atoms with van der Waals surface area (Å²) in [6.07, 6.45) is 2.52. The standard InChI is InChI=1S/C14H25N3O3/c1-18-7-6-17(9-12-4-3-5-15-12)10-13-8-14(11-19-2)20-16-13/h8,12,15H,3-7,9-11H2,1-2H3. The van der Waals surface area contributed by atoms with Gasteiger partial charge in [-0.3, -0.25) is 4.90 Å². The van der Waals surface area contributed by atoms with E-state index in [-0.39, 0.29) is 0 Å². The molecule has 6 heteroatoms. The summed E-state index contributed by atoms with van der Waals surface area (Å²) in [7, 11) is 3.39. The minimum absolute atomic E-state index is 0.468. The van der Waals surface area contributed by atoms with Gasteiger partial charge < -0.3 is 19.3 Å². The van der Waals surface area contributed by atoms with E-state index in [1.54, 1.807) is 14.2 Å². The zero-order chi connectivity index (χ0) is 14.2. The Labute approximate surface area is 120 Å². The molecule has 1 saturated heterocycles. The van der Waals surface area contributed by atoms with Crippen LogP contribution in [0.3, 0.4) is 0 Å². The van der Waals surface area contributed by atoms with Crippen LogP contribution in [-0.4, -0.2) is 56.6 Å². The Bertz CT molecular complexity index is 377. The number of rotatable bonds is 9. The molecule has 1 N–H and O–H groups in total. The summed E-state index contributed by atoms with van der Waals surface area (Å²) in [4.78, 5) is 2.36. The Kier molecular flexibility index (Phi) is 6.46. The zero-order valence-corrected chi connectivity index (χ0v) is 12.4. The van der Waals surface area contributed by atoms with Crippen molar-refractivity contribution in [2.75, 3.05) is 40.5 Å². The van der Waals surface area contributed by atoms with Gasteiger partial charge in [-0.1, -0.05) is 5.16 Å². The number of hydrogen-bond acceptors (Lipinski definition) is 6. The average Bonchev–Trinajstić information content (AvgIpc) is 3.09. The molecule has 114 valence electrons. The monoisotopic (exact) mass is 283 g/mol. The van der Waals surface area contributed by atoms with Gasteiger partial charge in [0.1, 0.15) is 6.61 Å². The van der Waals surface area contributed by atoms with Crippen LogP contribution in [0, 0.1) is 0 Å².